The van der Waals surface area contributed by atoms with Gasteiger partial charge < -0.3 is 5.11 Å². The Balaban J connectivity index is 2.00. The first kappa shape index (κ1) is 13.8. The van der Waals surface area contributed by atoms with Gasteiger partial charge in [-0.15, -0.1) is 11.3 Å². The quantitative estimate of drug-likeness (QED) is 0.905. The molecule has 4 nitrogen and oxygen atoms in total. The van der Waals surface area contributed by atoms with Crippen molar-refractivity contribution in [3.05, 3.63) is 15.5 Å². The van der Waals surface area contributed by atoms with Crippen LogP contribution in [0.2, 0.25) is 4.34 Å². The van der Waals surface area contributed by atoms with Crippen LogP contribution in [0.25, 0.3) is 0 Å². The number of carboxylic acid groups (broad SMARTS) is 1. The van der Waals surface area contributed by atoms with Crippen LogP contribution in [0.5, 0.6) is 0 Å². The Kier molecular flexibility index (Phi) is 4.25. The number of aliphatic carboxylic acids is 1. The average molecular weight is 289 g/mol. The first-order valence-electron chi connectivity index (χ1n) is 6.12. The first-order chi connectivity index (χ1) is 8.55. The molecule has 100 valence electrons. The molecule has 0 aliphatic carbocycles. The van der Waals surface area contributed by atoms with Gasteiger partial charge in [0, 0.05) is 6.54 Å². The third-order valence-corrected chi connectivity index (χ3v) is 4.60. The number of likely N-dealkylation sites (tertiary alicyclic amines) is 1. The summed E-state index contributed by atoms with van der Waals surface area (Å²) in [7, 11) is 0. The van der Waals surface area contributed by atoms with Crippen LogP contribution in [0.15, 0.2) is 6.20 Å². The highest BCUT2D eigenvalue weighted by atomic mass is 35.5. The van der Waals surface area contributed by atoms with Crippen molar-refractivity contribution in [2.45, 2.75) is 32.7 Å². The fourth-order valence-electron chi connectivity index (χ4n) is 2.61. The summed E-state index contributed by atoms with van der Waals surface area (Å²) in [5.74, 6) is -0.663. The van der Waals surface area contributed by atoms with Crippen LogP contribution >= 0.6 is 22.9 Å². The van der Waals surface area contributed by atoms with E-state index in [-0.39, 0.29) is 0 Å². The van der Waals surface area contributed by atoms with Gasteiger partial charge in [0.05, 0.1) is 18.2 Å². The Morgan fingerprint density at radius 1 is 1.72 bits per heavy atom. The van der Waals surface area contributed by atoms with Crippen molar-refractivity contribution in [3.63, 3.8) is 0 Å². The predicted octanol–water partition coefficient (Wildman–Crippen LogP) is 2.87. The molecule has 2 heterocycles. The fourth-order valence-corrected chi connectivity index (χ4v) is 3.61. The molecule has 1 aliphatic rings. The van der Waals surface area contributed by atoms with Crippen molar-refractivity contribution in [2.24, 2.45) is 5.41 Å². The second-order valence-corrected chi connectivity index (χ2v) is 6.60. The molecule has 0 aromatic carbocycles. The van der Waals surface area contributed by atoms with E-state index in [0.29, 0.717) is 17.4 Å². The number of carbonyl (C=O) groups is 1. The summed E-state index contributed by atoms with van der Waals surface area (Å²) < 4.78 is 0.683. The van der Waals surface area contributed by atoms with E-state index in [1.165, 1.54) is 11.3 Å². The van der Waals surface area contributed by atoms with E-state index < -0.39 is 11.4 Å². The topological polar surface area (TPSA) is 53.4 Å². The molecule has 18 heavy (non-hydrogen) atoms. The number of hydrogen-bond donors (Lipinski definition) is 1. The zero-order chi connectivity index (χ0) is 13.2. The lowest BCUT2D eigenvalue weighted by atomic mass is 9.83. The molecule has 1 unspecified atom stereocenters. The summed E-state index contributed by atoms with van der Waals surface area (Å²) in [5.41, 5.74) is -0.560. The van der Waals surface area contributed by atoms with Gasteiger partial charge in [-0.3, -0.25) is 9.69 Å². The van der Waals surface area contributed by atoms with Crippen molar-refractivity contribution < 1.29 is 9.90 Å². The number of halogens is 1. The zero-order valence-corrected chi connectivity index (χ0v) is 11.9. The molecule has 1 aromatic rings. The van der Waals surface area contributed by atoms with Crippen molar-refractivity contribution in [3.8, 4) is 0 Å². The maximum Gasteiger partial charge on any atom is 0.310 e. The average Bonchev–Trinajstić information content (AvgIpc) is 2.88. The Bertz CT molecular complexity index is 437. The summed E-state index contributed by atoms with van der Waals surface area (Å²) >= 11 is 7.31. The largest absolute Gasteiger partial charge is 0.481 e. The smallest absolute Gasteiger partial charge is 0.310 e. The number of nitrogens with zero attached hydrogens (tertiary/aromatic N) is 2. The molecule has 2 rings (SSSR count). The molecule has 0 amide bonds. The lowest BCUT2D eigenvalue weighted by Gasteiger charge is -2.23. The van der Waals surface area contributed by atoms with Gasteiger partial charge in [0.15, 0.2) is 0 Å². The minimum Gasteiger partial charge on any atom is -0.481 e. The first-order valence-corrected chi connectivity index (χ1v) is 7.31. The van der Waals surface area contributed by atoms with E-state index in [1.807, 2.05) is 6.92 Å². The maximum absolute atomic E-state index is 11.5. The molecule has 1 saturated heterocycles. The van der Waals surface area contributed by atoms with Gasteiger partial charge in [-0.1, -0.05) is 24.9 Å². The molecule has 1 aromatic heterocycles. The minimum atomic E-state index is -0.663. The minimum absolute atomic E-state index is 0.560. The van der Waals surface area contributed by atoms with Crippen molar-refractivity contribution in [1.29, 1.82) is 0 Å². The SMILES string of the molecule is CCCC1(C(=O)O)CCN(Cc2ncc(Cl)s2)C1. The van der Waals surface area contributed by atoms with E-state index in [0.717, 1.165) is 30.8 Å². The van der Waals surface area contributed by atoms with Crippen molar-refractivity contribution in [1.82, 2.24) is 9.88 Å². The second-order valence-electron chi connectivity index (χ2n) is 4.85. The summed E-state index contributed by atoms with van der Waals surface area (Å²) in [6, 6.07) is 0. The van der Waals surface area contributed by atoms with Crippen molar-refractivity contribution in [2.75, 3.05) is 13.1 Å². The molecule has 1 aliphatic heterocycles. The van der Waals surface area contributed by atoms with Crippen LogP contribution in [0.4, 0.5) is 0 Å². The fraction of sp³-hybridized carbons (Fsp3) is 0.667. The van der Waals surface area contributed by atoms with Crippen LogP contribution < -0.4 is 0 Å². The predicted molar refractivity (Wildman–Crippen MR) is 72.0 cm³/mol. The lowest BCUT2D eigenvalue weighted by Crippen LogP contribution is -2.34. The van der Waals surface area contributed by atoms with E-state index in [2.05, 4.69) is 9.88 Å². The molecule has 1 atom stereocenters. The molecular formula is C12H17ClN2O2S. The van der Waals surface area contributed by atoms with Crippen molar-refractivity contribution >= 4 is 28.9 Å². The van der Waals surface area contributed by atoms with E-state index in [9.17, 15) is 9.90 Å². The standard InChI is InChI=1S/C12H17ClN2O2S/c1-2-3-12(11(16)17)4-5-15(8-12)7-10-14-6-9(13)18-10/h6H,2-5,7-8H2,1H3,(H,16,17). The van der Waals surface area contributed by atoms with E-state index in [1.54, 1.807) is 6.20 Å². The van der Waals surface area contributed by atoms with Gasteiger partial charge in [0.25, 0.3) is 0 Å². The number of thiazole rings is 1. The third-order valence-electron chi connectivity index (χ3n) is 3.50. The van der Waals surface area contributed by atoms with Crippen LogP contribution in [0, 0.1) is 5.41 Å². The molecule has 0 radical (unpaired) electrons. The highest BCUT2D eigenvalue weighted by Gasteiger charge is 2.43. The molecule has 6 heteroatoms. The summed E-state index contributed by atoms with van der Waals surface area (Å²) in [4.78, 5) is 17.8. The summed E-state index contributed by atoms with van der Waals surface area (Å²) in [6.45, 7) is 4.18. The molecule has 1 fully saturated rings. The van der Waals surface area contributed by atoms with Crippen LogP contribution in [-0.2, 0) is 11.3 Å². The normalized spacial score (nSPS) is 24.6. The molecule has 0 bridgehead atoms. The molecule has 0 spiro atoms. The second kappa shape index (κ2) is 5.55. The monoisotopic (exact) mass is 288 g/mol. The number of rotatable bonds is 5. The van der Waals surface area contributed by atoms with Gasteiger partial charge in [-0.2, -0.15) is 0 Å². The van der Waals surface area contributed by atoms with Gasteiger partial charge in [-0.05, 0) is 19.4 Å². The van der Waals surface area contributed by atoms with Crippen LogP contribution in [-0.4, -0.2) is 34.0 Å². The Hall–Kier alpha value is -0.650. The van der Waals surface area contributed by atoms with Gasteiger partial charge in [0.2, 0.25) is 0 Å². The highest BCUT2D eigenvalue weighted by Crippen LogP contribution is 2.36. The molecule has 1 N–H and O–H groups in total. The van der Waals surface area contributed by atoms with E-state index >= 15 is 0 Å². The van der Waals surface area contributed by atoms with Gasteiger partial charge >= 0.3 is 5.97 Å². The van der Waals surface area contributed by atoms with Crippen LogP contribution in [0.3, 0.4) is 0 Å². The Labute approximate surface area is 116 Å². The summed E-state index contributed by atoms with van der Waals surface area (Å²) in [5, 5.41) is 10.4. The number of aromatic nitrogens is 1. The zero-order valence-electron chi connectivity index (χ0n) is 10.4. The number of hydrogen-bond acceptors (Lipinski definition) is 4. The lowest BCUT2D eigenvalue weighted by molar-refractivity contribution is -0.148. The molecule has 0 saturated carbocycles. The van der Waals surface area contributed by atoms with E-state index in [4.69, 9.17) is 11.6 Å². The van der Waals surface area contributed by atoms with Gasteiger partial charge in [0.1, 0.15) is 9.34 Å². The molecular weight excluding hydrogens is 272 g/mol. The van der Waals surface area contributed by atoms with Crippen LogP contribution in [0.1, 0.15) is 31.2 Å². The Morgan fingerprint density at radius 3 is 3.06 bits per heavy atom. The highest BCUT2D eigenvalue weighted by molar-refractivity contribution is 7.15. The van der Waals surface area contributed by atoms with Gasteiger partial charge in [-0.25, -0.2) is 4.98 Å². The number of carboxylic acids is 1. The summed E-state index contributed by atoms with van der Waals surface area (Å²) in [6.07, 6.45) is 4.03. The Morgan fingerprint density at radius 2 is 2.50 bits per heavy atom. The third kappa shape index (κ3) is 2.84. The maximum atomic E-state index is 11.5.